The Morgan fingerprint density at radius 3 is 2.23 bits per heavy atom. The van der Waals surface area contributed by atoms with Crippen molar-refractivity contribution in [3.05, 3.63) is 71.0 Å². The molecule has 1 N–H and O–H groups in total. The van der Waals surface area contributed by atoms with Crippen LogP contribution in [0, 0.1) is 11.7 Å². The second-order valence-corrected chi connectivity index (χ2v) is 9.28. The molecule has 2 aliphatic carbocycles. The molecule has 0 spiro atoms. The van der Waals surface area contributed by atoms with E-state index in [1.54, 1.807) is 24.3 Å². The van der Waals surface area contributed by atoms with E-state index in [1.165, 1.54) is 43.9 Å². The molecule has 5 heteroatoms. The molecule has 2 fully saturated rings. The first-order valence-corrected chi connectivity index (χ1v) is 11.6. The number of nitrogens with one attached hydrogen (secondary N) is 1. The predicted octanol–water partition coefficient (Wildman–Crippen LogP) is 7.78. The summed E-state index contributed by atoms with van der Waals surface area (Å²) in [5, 5.41) is 3.83. The monoisotopic (exact) mass is 433 g/mol. The minimum atomic E-state index is -4.31. The molecule has 2 aromatic rings. The molecule has 168 valence electrons. The SMILES string of the molecule is Fc1cccc(C(CC2CCCC2)N[C@@H]2CCCC[C@H]2c2ccc(C(F)(F)F)cc2)c1. The number of alkyl halides is 3. The zero-order chi connectivity index (χ0) is 21.8. The molecule has 3 atom stereocenters. The van der Waals surface area contributed by atoms with Crippen molar-refractivity contribution >= 4 is 0 Å². The van der Waals surface area contributed by atoms with Crippen molar-refractivity contribution in [3.63, 3.8) is 0 Å². The summed E-state index contributed by atoms with van der Waals surface area (Å²) < 4.78 is 52.9. The first kappa shape index (κ1) is 22.3. The lowest BCUT2D eigenvalue weighted by Gasteiger charge is -2.36. The lowest BCUT2D eigenvalue weighted by atomic mass is 9.79. The molecule has 0 aliphatic heterocycles. The lowest BCUT2D eigenvalue weighted by Crippen LogP contribution is -2.40. The number of rotatable bonds is 6. The van der Waals surface area contributed by atoms with E-state index in [1.807, 2.05) is 6.07 Å². The van der Waals surface area contributed by atoms with Gasteiger partial charge in [0.05, 0.1) is 5.56 Å². The largest absolute Gasteiger partial charge is 0.416 e. The van der Waals surface area contributed by atoms with Crippen molar-refractivity contribution in [2.45, 2.75) is 82.0 Å². The maximum atomic E-state index is 14.0. The van der Waals surface area contributed by atoms with Gasteiger partial charge in [0.2, 0.25) is 0 Å². The summed E-state index contributed by atoms with van der Waals surface area (Å²) in [7, 11) is 0. The van der Waals surface area contributed by atoms with E-state index in [0.29, 0.717) is 5.92 Å². The van der Waals surface area contributed by atoms with Gasteiger partial charge in [-0.25, -0.2) is 4.39 Å². The Morgan fingerprint density at radius 2 is 1.55 bits per heavy atom. The van der Waals surface area contributed by atoms with Crippen LogP contribution in [0.5, 0.6) is 0 Å². The zero-order valence-electron chi connectivity index (χ0n) is 17.8. The highest BCUT2D eigenvalue weighted by atomic mass is 19.4. The summed E-state index contributed by atoms with van der Waals surface area (Å²) in [4.78, 5) is 0. The van der Waals surface area contributed by atoms with Crippen LogP contribution in [0.15, 0.2) is 48.5 Å². The highest BCUT2D eigenvalue weighted by Crippen LogP contribution is 2.39. The fraction of sp³-hybridized carbons (Fsp3) is 0.538. The Kier molecular flexibility index (Phi) is 7.00. The number of hydrogen-bond donors (Lipinski definition) is 1. The number of hydrogen-bond acceptors (Lipinski definition) is 1. The molecule has 1 unspecified atom stereocenters. The quantitative estimate of drug-likeness (QED) is 0.459. The molecular weight excluding hydrogens is 402 g/mol. The third kappa shape index (κ3) is 5.68. The first-order valence-electron chi connectivity index (χ1n) is 11.6. The topological polar surface area (TPSA) is 12.0 Å². The van der Waals surface area contributed by atoms with Crippen molar-refractivity contribution in [3.8, 4) is 0 Å². The molecule has 2 saturated carbocycles. The lowest BCUT2D eigenvalue weighted by molar-refractivity contribution is -0.137. The maximum Gasteiger partial charge on any atom is 0.416 e. The van der Waals surface area contributed by atoms with Gasteiger partial charge < -0.3 is 5.32 Å². The van der Waals surface area contributed by atoms with Gasteiger partial charge in [-0.2, -0.15) is 13.2 Å². The minimum absolute atomic E-state index is 0.0684. The summed E-state index contributed by atoms with van der Waals surface area (Å²) in [6.07, 6.45) is 5.78. The summed E-state index contributed by atoms with van der Waals surface area (Å²) in [5.74, 6) is 0.600. The van der Waals surface area contributed by atoms with Gasteiger partial charge in [0, 0.05) is 12.1 Å². The van der Waals surface area contributed by atoms with Crippen LogP contribution in [0.4, 0.5) is 17.6 Å². The third-order valence-corrected chi connectivity index (χ3v) is 7.14. The molecule has 0 radical (unpaired) electrons. The van der Waals surface area contributed by atoms with Crippen LogP contribution in [-0.2, 0) is 6.18 Å². The van der Waals surface area contributed by atoms with Gasteiger partial charge in [0.25, 0.3) is 0 Å². The molecule has 1 nitrogen and oxygen atoms in total. The van der Waals surface area contributed by atoms with Crippen LogP contribution in [-0.4, -0.2) is 6.04 Å². The Balaban J connectivity index is 1.55. The van der Waals surface area contributed by atoms with Crippen molar-refractivity contribution < 1.29 is 17.6 Å². The number of benzene rings is 2. The Labute approximate surface area is 182 Å². The summed E-state index contributed by atoms with van der Waals surface area (Å²) >= 11 is 0. The molecular formula is C26H31F4N. The van der Waals surface area contributed by atoms with E-state index in [9.17, 15) is 17.6 Å². The highest BCUT2D eigenvalue weighted by Gasteiger charge is 2.33. The van der Waals surface area contributed by atoms with Gasteiger partial charge in [0.1, 0.15) is 5.82 Å². The van der Waals surface area contributed by atoms with Gasteiger partial charge in [-0.15, -0.1) is 0 Å². The summed E-state index contributed by atoms with van der Waals surface area (Å²) in [5.41, 5.74) is 1.34. The van der Waals surface area contributed by atoms with Crippen molar-refractivity contribution in [2.24, 2.45) is 5.92 Å². The van der Waals surface area contributed by atoms with Gasteiger partial charge in [0.15, 0.2) is 0 Å². The van der Waals surface area contributed by atoms with E-state index < -0.39 is 11.7 Å². The highest BCUT2D eigenvalue weighted by molar-refractivity contribution is 5.29. The fourth-order valence-electron chi connectivity index (χ4n) is 5.51. The van der Waals surface area contributed by atoms with Gasteiger partial charge in [-0.05, 0) is 66.5 Å². The van der Waals surface area contributed by atoms with Crippen LogP contribution in [0.1, 0.15) is 86.4 Å². The molecule has 0 amide bonds. The Morgan fingerprint density at radius 1 is 0.871 bits per heavy atom. The Bertz CT molecular complexity index is 839. The van der Waals surface area contributed by atoms with Crippen LogP contribution in [0.25, 0.3) is 0 Å². The molecule has 2 aliphatic rings. The van der Waals surface area contributed by atoms with Crippen LogP contribution >= 0.6 is 0 Å². The van der Waals surface area contributed by atoms with E-state index >= 15 is 0 Å². The van der Waals surface area contributed by atoms with Crippen molar-refractivity contribution in [2.75, 3.05) is 0 Å². The van der Waals surface area contributed by atoms with Crippen LogP contribution in [0.2, 0.25) is 0 Å². The average molecular weight is 434 g/mol. The average Bonchev–Trinajstić information content (AvgIpc) is 3.26. The molecule has 31 heavy (non-hydrogen) atoms. The predicted molar refractivity (Wildman–Crippen MR) is 115 cm³/mol. The third-order valence-electron chi connectivity index (χ3n) is 7.14. The van der Waals surface area contributed by atoms with Gasteiger partial charge in [-0.3, -0.25) is 0 Å². The molecule has 2 aromatic carbocycles. The van der Waals surface area contributed by atoms with Crippen molar-refractivity contribution in [1.29, 1.82) is 0 Å². The normalized spacial score (nSPS) is 23.7. The molecule has 4 rings (SSSR count). The van der Waals surface area contributed by atoms with E-state index in [-0.39, 0.29) is 23.8 Å². The second kappa shape index (κ2) is 9.72. The minimum Gasteiger partial charge on any atom is -0.307 e. The van der Waals surface area contributed by atoms with Crippen molar-refractivity contribution in [1.82, 2.24) is 5.32 Å². The van der Waals surface area contributed by atoms with Crippen LogP contribution < -0.4 is 5.32 Å². The fourth-order valence-corrected chi connectivity index (χ4v) is 5.51. The standard InChI is InChI=1S/C26H31F4N/c27-22-9-5-8-20(17-22)25(16-18-6-1-2-7-18)31-24-11-4-3-10-23(24)19-12-14-21(15-13-19)26(28,29)30/h5,8-9,12-15,17-18,23-25,31H,1-4,6-7,10-11,16H2/t23-,24+,25?/m0/s1. The van der Waals surface area contributed by atoms with Gasteiger partial charge >= 0.3 is 6.18 Å². The zero-order valence-corrected chi connectivity index (χ0v) is 17.8. The first-order chi connectivity index (χ1) is 14.9. The number of halogens is 4. The summed E-state index contributed by atoms with van der Waals surface area (Å²) in [6, 6.07) is 12.8. The molecule has 0 saturated heterocycles. The van der Waals surface area contributed by atoms with Gasteiger partial charge in [-0.1, -0.05) is 62.8 Å². The van der Waals surface area contributed by atoms with E-state index in [2.05, 4.69) is 5.32 Å². The maximum absolute atomic E-state index is 14.0. The molecule has 0 bridgehead atoms. The second-order valence-electron chi connectivity index (χ2n) is 9.28. The van der Waals surface area contributed by atoms with Crippen LogP contribution in [0.3, 0.4) is 0 Å². The molecule has 0 aromatic heterocycles. The smallest absolute Gasteiger partial charge is 0.307 e. The van der Waals surface area contributed by atoms with E-state index in [0.717, 1.165) is 43.2 Å². The molecule has 0 heterocycles. The van der Waals surface area contributed by atoms with E-state index in [4.69, 9.17) is 0 Å². The Hall–Kier alpha value is -1.88. The summed E-state index contributed by atoms with van der Waals surface area (Å²) in [6.45, 7) is 0.